The quantitative estimate of drug-likeness (QED) is 0.454. The van der Waals surface area contributed by atoms with Crippen LogP contribution in [0, 0.1) is 0 Å². The maximum absolute atomic E-state index is 5.92. The van der Waals surface area contributed by atoms with Crippen molar-refractivity contribution in [3.63, 3.8) is 0 Å². The van der Waals surface area contributed by atoms with Crippen LogP contribution in [-0.4, -0.2) is 15.0 Å². The molecule has 5 rings (SSSR count). The van der Waals surface area contributed by atoms with Gasteiger partial charge in [0.15, 0.2) is 0 Å². The maximum Gasteiger partial charge on any atom is 0.139 e. The van der Waals surface area contributed by atoms with Gasteiger partial charge in [-0.25, -0.2) is 0 Å². The molecule has 23 heavy (non-hydrogen) atoms. The van der Waals surface area contributed by atoms with Gasteiger partial charge in [-0.1, -0.05) is 18.2 Å². The average Bonchev–Trinajstić information content (AvgIpc) is 3.00. The van der Waals surface area contributed by atoms with Gasteiger partial charge in [-0.15, -0.1) is 0 Å². The molecule has 0 aliphatic carbocycles. The molecule has 0 amide bonds. The normalized spacial score (nSPS) is 11.5. The van der Waals surface area contributed by atoms with Gasteiger partial charge in [0.05, 0.1) is 11.1 Å². The molecular formula is C19H11N3O. The molecule has 0 fully saturated rings. The fourth-order valence-electron chi connectivity index (χ4n) is 2.97. The van der Waals surface area contributed by atoms with Crippen molar-refractivity contribution in [2.75, 3.05) is 0 Å². The summed E-state index contributed by atoms with van der Waals surface area (Å²) in [4.78, 5) is 13.3. The second-order valence-electron chi connectivity index (χ2n) is 5.42. The monoisotopic (exact) mass is 297 g/mol. The topological polar surface area (TPSA) is 51.8 Å². The maximum atomic E-state index is 5.92. The third-order valence-corrected chi connectivity index (χ3v) is 4.05. The number of benzene rings is 1. The zero-order valence-electron chi connectivity index (χ0n) is 12.1. The third kappa shape index (κ3) is 1.82. The van der Waals surface area contributed by atoms with E-state index < -0.39 is 0 Å². The highest BCUT2D eigenvalue weighted by molar-refractivity contribution is 6.11. The third-order valence-electron chi connectivity index (χ3n) is 4.05. The first kappa shape index (κ1) is 12.3. The molecule has 5 aromatic rings. The van der Waals surface area contributed by atoms with E-state index in [4.69, 9.17) is 4.42 Å². The van der Waals surface area contributed by atoms with E-state index in [0.717, 1.165) is 44.1 Å². The Balaban J connectivity index is 1.87. The first-order chi connectivity index (χ1) is 11.4. The molecule has 0 aliphatic heterocycles. The van der Waals surface area contributed by atoms with Gasteiger partial charge in [-0.2, -0.15) is 0 Å². The van der Waals surface area contributed by atoms with Crippen LogP contribution in [0.1, 0.15) is 0 Å². The number of hydrogen-bond donors (Lipinski definition) is 0. The minimum atomic E-state index is 0.822. The minimum absolute atomic E-state index is 0.822. The van der Waals surface area contributed by atoms with Crippen LogP contribution in [-0.2, 0) is 0 Å². The predicted octanol–water partition coefficient (Wildman–Crippen LogP) is 4.59. The summed E-state index contributed by atoms with van der Waals surface area (Å²) >= 11 is 0. The number of fused-ring (bicyclic) bond motifs is 4. The van der Waals surface area contributed by atoms with Crippen LogP contribution in [0.25, 0.3) is 44.1 Å². The molecule has 4 heterocycles. The number of rotatable bonds is 1. The zero-order chi connectivity index (χ0) is 15.2. The molecule has 0 unspecified atom stereocenters. The van der Waals surface area contributed by atoms with Gasteiger partial charge in [0, 0.05) is 40.9 Å². The molecule has 4 nitrogen and oxygen atoms in total. The summed E-state index contributed by atoms with van der Waals surface area (Å²) in [7, 11) is 0. The molecule has 1 aromatic carbocycles. The van der Waals surface area contributed by atoms with E-state index in [1.165, 1.54) is 0 Å². The summed E-state index contributed by atoms with van der Waals surface area (Å²) in [6.07, 6.45) is 7.23. The van der Waals surface area contributed by atoms with Gasteiger partial charge < -0.3 is 4.42 Å². The van der Waals surface area contributed by atoms with Crippen molar-refractivity contribution in [1.29, 1.82) is 0 Å². The molecule has 4 heteroatoms. The number of furan rings is 1. The number of aromatic nitrogens is 3. The summed E-state index contributed by atoms with van der Waals surface area (Å²) in [5.74, 6) is 0. The van der Waals surface area contributed by atoms with Gasteiger partial charge >= 0.3 is 0 Å². The van der Waals surface area contributed by atoms with Gasteiger partial charge in [0.1, 0.15) is 16.9 Å². The second kappa shape index (κ2) is 4.61. The summed E-state index contributed by atoms with van der Waals surface area (Å²) in [6, 6.07) is 13.9. The summed E-state index contributed by atoms with van der Waals surface area (Å²) in [5, 5.41) is 4.16. The Morgan fingerprint density at radius 3 is 2.74 bits per heavy atom. The van der Waals surface area contributed by atoms with Gasteiger partial charge in [0.2, 0.25) is 0 Å². The number of para-hydroxylation sites is 1. The van der Waals surface area contributed by atoms with E-state index in [1.54, 1.807) is 12.4 Å². The molecule has 4 aromatic heterocycles. The standard InChI is InChI=1S/C19H11N3O/c1-2-4-16-14(3-1)18-17(23-16)6-8-21-19(18)15-9-13-10-20-7-5-12(13)11-22-15/h1-11H. The molecular weight excluding hydrogens is 286 g/mol. The first-order valence-electron chi connectivity index (χ1n) is 7.36. The van der Waals surface area contributed by atoms with E-state index >= 15 is 0 Å². The zero-order valence-corrected chi connectivity index (χ0v) is 12.1. The smallest absolute Gasteiger partial charge is 0.139 e. The van der Waals surface area contributed by atoms with Crippen LogP contribution in [0.15, 0.2) is 71.7 Å². The molecule has 108 valence electrons. The summed E-state index contributed by atoms with van der Waals surface area (Å²) < 4.78 is 5.92. The van der Waals surface area contributed by atoms with E-state index in [-0.39, 0.29) is 0 Å². The molecule has 0 radical (unpaired) electrons. The lowest BCUT2D eigenvalue weighted by Crippen LogP contribution is -1.89. The molecule has 0 saturated heterocycles. The predicted molar refractivity (Wildman–Crippen MR) is 90.0 cm³/mol. The Labute approximate surface area is 131 Å². The Hall–Kier alpha value is -3.27. The molecule has 0 atom stereocenters. The van der Waals surface area contributed by atoms with Crippen molar-refractivity contribution >= 4 is 32.7 Å². The lowest BCUT2D eigenvalue weighted by Gasteiger charge is -2.03. The van der Waals surface area contributed by atoms with Crippen LogP contribution in [0.5, 0.6) is 0 Å². The highest BCUT2D eigenvalue weighted by Crippen LogP contribution is 2.34. The lowest BCUT2D eigenvalue weighted by atomic mass is 10.1. The Morgan fingerprint density at radius 1 is 0.783 bits per heavy atom. The average molecular weight is 297 g/mol. The largest absolute Gasteiger partial charge is 0.456 e. The van der Waals surface area contributed by atoms with E-state index in [9.17, 15) is 0 Å². The number of hydrogen-bond acceptors (Lipinski definition) is 4. The molecule has 0 aliphatic rings. The number of nitrogens with zero attached hydrogens (tertiary/aromatic N) is 3. The highest BCUT2D eigenvalue weighted by Gasteiger charge is 2.14. The van der Waals surface area contributed by atoms with Gasteiger partial charge in [0.25, 0.3) is 0 Å². The molecule has 0 N–H and O–H groups in total. The van der Waals surface area contributed by atoms with Crippen molar-refractivity contribution in [2.45, 2.75) is 0 Å². The first-order valence-corrected chi connectivity index (χ1v) is 7.36. The van der Waals surface area contributed by atoms with E-state index in [2.05, 4.69) is 21.0 Å². The molecule has 0 saturated carbocycles. The highest BCUT2D eigenvalue weighted by atomic mass is 16.3. The van der Waals surface area contributed by atoms with Crippen molar-refractivity contribution in [3.8, 4) is 11.4 Å². The van der Waals surface area contributed by atoms with E-state index in [0.29, 0.717) is 0 Å². The van der Waals surface area contributed by atoms with Crippen LogP contribution in [0.3, 0.4) is 0 Å². The Kier molecular flexibility index (Phi) is 2.46. The van der Waals surface area contributed by atoms with Crippen molar-refractivity contribution in [1.82, 2.24) is 15.0 Å². The second-order valence-corrected chi connectivity index (χ2v) is 5.42. The minimum Gasteiger partial charge on any atom is -0.456 e. The SMILES string of the molecule is c1ccc2c(c1)oc1ccnc(-c3cc4cnccc4cn3)c12. The van der Waals surface area contributed by atoms with E-state index in [1.807, 2.05) is 48.8 Å². The van der Waals surface area contributed by atoms with Crippen molar-refractivity contribution in [3.05, 3.63) is 67.3 Å². The van der Waals surface area contributed by atoms with Crippen molar-refractivity contribution in [2.24, 2.45) is 0 Å². The Morgan fingerprint density at radius 2 is 1.74 bits per heavy atom. The van der Waals surface area contributed by atoms with Gasteiger partial charge in [-0.05, 0) is 24.3 Å². The fourth-order valence-corrected chi connectivity index (χ4v) is 2.97. The van der Waals surface area contributed by atoms with Crippen LogP contribution < -0.4 is 0 Å². The Bertz CT molecular complexity index is 1180. The molecule has 0 spiro atoms. The van der Waals surface area contributed by atoms with Crippen molar-refractivity contribution < 1.29 is 4.42 Å². The number of pyridine rings is 3. The van der Waals surface area contributed by atoms with Crippen LogP contribution >= 0.6 is 0 Å². The lowest BCUT2D eigenvalue weighted by molar-refractivity contribution is 0.668. The fraction of sp³-hybridized carbons (Fsp3) is 0. The summed E-state index contributed by atoms with van der Waals surface area (Å²) in [5.41, 5.74) is 3.34. The van der Waals surface area contributed by atoms with Crippen LogP contribution in [0.2, 0.25) is 0 Å². The molecule has 0 bridgehead atoms. The van der Waals surface area contributed by atoms with Gasteiger partial charge in [-0.3, -0.25) is 15.0 Å². The summed E-state index contributed by atoms with van der Waals surface area (Å²) in [6.45, 7) is 0. The van der Waals surface area contributed by atoms with Crippen LogP contribution in [0.4, 0.5) is 0 Å².